The highest BCUT2D eigenvalue weighted by atomic mass is 35.5. The summed E-state index contributed by atoms with van der Waals surface area (Å²) in [7, 11) is 0. The monoisotopic (exact) mass is 514 g/mol. The Morgan fingerprint density at radius 1 is 1.06 bits per heavy atom. The van der Waals surface area contributed by atoms with Crippen LogP contribution in [0.3, 0.4) is 0 Å². The lowest BCUT2D eigenvalue weighted by molar-refractivity contribution is -0.384. The molecule has 0 radical (unpaired) electrons. The Kier molecular flexibility index (Phi) is 8.14. The third-order valence-electron chi connectivity index (χ3n) is 4.97. The summed E-state index contributed by atoms with van der Waals surface area (Å²) in [5.74, 6) is -0.407. The number of ether oxygens (including phenoxy) is 1. The van der Waals surface area contributed by atoms with Gasteiger partial charge in [0.05, 0.1) is 21.2 Å². The number of carbonyl (C=O) groups excluding carboxylic acids is 1. The second kappa shape index (κ2) is 10.9. The van der Waals surface area contributed by atoms with Crippen molar-refractivity contribution in [3.8, 4) is 0 Å². The molecule has 3 aromatic rings. The summed E-state index contributed by atoms with van der Waals surface area (Å²) in [5.41, 5.74) is 1.32. The number of hydrogen-bond acceptors (Lipinski definition) is 5. The van der Waals surface area contributed by atoms with Gasteiger partial charge in [-0.1, -0.05) is 53.5 Å². The minimum atomic E-state index is -0.586. The van der Waals surface area contributed by atoms with Gasteiger partial charge in [-0.05, 0) is 62.6 Å². The molecular weight excluding hydrogens is 491 g/mol. The molecular formula is C26H24Cl2N2O5. The van der Waals surface area contributed by atoms with Crippen LogP contribution in [0.15, 0.2) is 59.4 Å². The van der Waals surface area contributed by atoms with E-state index in [9.17, 15) is 19.7 Å². The Bertz CT molecular complexity index is 1340. The summed E-state index contributed by atoms with van der Waals surface area (Å²) in [6.07, 6.45) is 3.75. The summed E-state index contributed by atoms with van der Waals surface area (Å²) in [4.78, 5) is 35.6. The third kappa shape index (κ3) is 7.04. The fourth-order valence-corrected chi connectivity index (χ4v) is 3.85. The van der Waals surface area contributed by atoms with Crippen LogP contribution in [-0.2, 0) is 17.7 Å². The fourth-order valence-electron chi connectivity index (χ4n) is 3.31. The second-order valence-corrected chi connectivity index (χ2v) is 9.63. The number of nitro groups is 1. The number of halogens is 2. The number of nitrogens with zero attached hydrogens (tertiary/aromatic N) is 2. The highest BCUT2D eigenvalue weighted by Crippen LogP contribution is 2.22. The van der Waals surface area contributed by atoms with Crippen molar-refractivity contribution in [3.63, 3.8) is 0 Å². The highest BCUT2D eigenvalue weighted by molar-refractivity contribution is 6.35. The summed E-state index contributed by atoms with van der Waals surface area (Å²) >= 11 is 12.5. The van der Waals surface area contributed by atoms with Gasteiger partial charge in [-0.2, -0.15) is 0 Å². The van der Waals surface area contributed by atoms with Crippen LogP contribution in [0.1, 0.15) is 48.0 Å². The molecule has 0 N–H and O–H groups in total. The molecule has 0 aliphatic carbocycles. The second-order valence-electron chi connectivity index (χ2n) is 8.82. The molecule has 2 aromatic carbocycles. The molecule has 9 heteroatoms. The first-order valence-electron chi connectivity index (χ1n) is 10.8. The zero-order valence-corrected chi connectivity index (χ0v) is 21.0. The molecule has 1 aromatic heterocycles. The Morgan fingerprint density at radius 2 is 1.74 bits per heavy atom. The summed E-state index contributed by atoms with van der Waals surface area (Å²) < 4.78 is 6.83. The Labute approximate surface area is 212 Å². The van der Waals surface area contributed by atoms with E-state index >= 15 is 0 Å². The minimum absolute atomic E-state index is 0.0113. The zero-order valence-electron chi connectivity index (χ0n) is 19.5. The van der Waals surface area contributed by atoms with E-state index < -0.39 is 22.1 Å². The molecule has 0 aliphatic rings. The molecule has 3 rings (SSSR count). The van der Waals surface area contributed by atoms with Crippen molar-refractivity contribution in [2.24, 2.45) is 0 Å². The van der Waals surface area contributed by atoms with E-state index in [1.807, 2.05) is 0 Å². The average molecular weight is 515 g/mol. The van der Waals surface area contributed by atoms with Gasteiger partial charge in [-0.25, -0.2) is 4.79 Å². The number of aromatic nitrogens is 1. The first kappa shape index (κ1) is 26.2. The Morgan fingerprint density at radius 3 is 2.37 bits per heavy atom. The van der Waals surface area contributed by atoms with E-state index in [4.69, 9.17) is 27.9 Å². The first-order chi connectivity index (χ1) is 16.4. The van der Waals surface area contributed by atoms with Crippen LogP contribution in [0.25, 0.3) is 12.2 Å². The van der Waals surface area contributed by atoms with E-state index in [0.29, 0.717) is 23.2 Å². The number of nitro benzene ring substituents is 1. The van der Waals surface area contributed by atoms with Gasteiger partial charge in [0.15, 0.2) is 0 Å². The maximum Gasteiger partial charge on any atom is 0.338 e. The number of non-ortho nitro benzene ring substituents is 1. The number of rotatable bonds is 7. The molecule has 0 spiro atoms. The number of aryl methyl sites for hydroxylation is 1. The van der Waals surface area contributed by atoms with Crippen molar-refractivity contribution in [2.75, 3.05) is 0 Å². The average Bonchev–Trinajstić information content (AvgIpc) is 2.79. The zero-order chi connectivity index (χ0) is 25.8. The lowest BCUT2D eigenvalue weighted by Gasteiger charge is -2.19. The number of benzene rings is 2. The van der Waals surface area contributed by atoms with Gasteiger partial charge in [0.25, 0.3) is 11.2 Å². The van der Waals surface area contributed by atoms with E-state index in [2.05, 4.69) is 0 Å². The Balaban J connectivity index is 1.84. The van der Waals surface area contributed by atoms with Gasteiger partial charge >= 0.3 is 5.97 Å². The first-order valence-corrected chi connectivity index (χ1v) is 11.5. The van der Waals surface area contributed by atoms with Crippen molar-refractivity contribution in [1.29, 1.82) is 0 Å². The molecule has 0 unspecified atom stereocenters. The van der Waals surface area contributed by atoms with Crippen LogP contribution in [0.4, 0.5) is 5.69 Å². The van der Waals surface area contributed by atoms with Crippen molar-refractivity contribution in [1.82, 2.24) is 4.57 Å². The quantitative estimate of drug-likeness (QED) is 0.205. The predicted octanol–water partition coefficient (Wildman–Crippen LogP) is 6.43. The van der Waals surface area contributed by atoms with Crippen LogP contribution >= 0.6 is 23.2 Å². The SMILES string of the molecule is CC(C)(C)OC(=O)c1ccc(CCn2c(C=Cc3cccc([N+](=O)[O-])c3)c(Cl)cc(Cl)c2=O)cc1. The lowest BCUT2D eigenvalue weighted by atomic mass is 10.1. The molecule has 1 heterocycles. The van der Waals surface area contributed by atoms with Gasteiger partial charge in [-0.15, -0.1) is 0 Å². The van der Waals surface area contributed by atoms with E-state index in [0.717, 1.165) is 5.56 Å². The third-order valence-corrected chi connectivity index (χ3v) is 5.54. The topological polar surface area (TPSA) is 91.4 Å². The molecule has 0 saturated heterocycles. The summed E-state index contributed by atoms with van der Waals surface area (Å²) in [6, 6.07) is 14.5. The van der Waals surface area contributed by atoms with Crippen molar-refractivity contribution in [2.45, 2.75) is 39.3 Å². The molecule has 35 heavy (non-hydrogen) atoms. The maximum atomic E-state index is 12.8. The smallest absolute Gasteiger partial charge is 0.338 e. The minimum Gasteiger partial charge on any atom is -0.456 e. The lowest BCUT2D eigenvalue weighted by Crippen LogP contribution is -2.24. The van der Waals surface area contributed by atoms with Gasteiger partial charge in [0.1, 0.15) is 10.6 Å². The highest BCUT2D eigenvalue weighted by Gasteiger charge is 2.18. The maximum absolute atomic E-state index is 12.8. The van der Waals surface area contributed by atoms with Gasteiger partial charge in [-0.3, -0.25) is 14.9 Å². The fraction of sp³-hybridized carbons (Fsp3) is 0.231. The molecule has 0 fully saturated rings. The van der Waals surface area contributed by atoms with Crippen molar-refractivity contribution >= 4 is 47.0 Å². The van der Waals surface area contributed by atoms with Gasteiger partial charge in [0, 0.05) is 18.7 Å². The normalized spacial score (nSPS) is 11.6. The largest absolute Gasteiger partial charge is 0.456 e. The molecule has 182 valence electrons. The van der Waals surface area contributed by atoms with Crippen LogP contribution in [0.5, 0.6) is 0 Å². The van der Waals surface area contributed by atoms with Crippen LogP contribution in [0.2, 0.25) is 10.0 Å². The number of carbonyl (C=O) groups is 1. The molecule has 0 amide bonds. The summed E-state index contributed by atoms with van der Waals surface area (Å²) in [5, 5.41) is 11.3. The number of esters is 1. The van der Waals surface area contributed by atoms with Crippen LogP contribution < -0.4 is 5.56 Å². The molecule has 0 atom stereocenters. The Hall–Kier alpha value is -3.42. The van der Waals surface area contributed by atoms with Crippen molar-refractivity contribution < 1.29 is 14.5 Å². The number of pyridine rings is 1. The standard InChI is InChI=1S/C26H24Cl2N2O5/c1-26(2,3)35-25(32)19-10-7-17(8-11-19)13-14-29-23(21(27)16-22(28)24(29)31)12-9-18-5-4-6-20(15-18)30(33)34/h4-12,15-16H,13-14H2,1-3H3. The molecule has 0 saturated carbocycles. The summed E-state index contributed by atoms with van der Waals surface area (Å²) in [6.45, 7) is 5.69. The van der Waals surface area contributed by atoms with E-state index in [-0.39, 0.29) is 22.3 Å². The predicted molar refractivity (Wildman–Crippen MR) is 138 cm³/mol. The van der Waals surface area contributed by atoms with Crippen LogP contribution in [-0.4, -0.2) is 21.1 Å². The molecule has 0 bridgehead atoms. The van der Waals surface area contributed by atoms with Crippen LogP contribution in [0, 0.1) is 10.1 Å². The van der Waals surface area contributed by atoms with E-state index in [1.54, 1.807) is 69.3 Å². The van der Waals surface area contributed by atoms with Gasteiger partial charge in [0.2, 0.25) is 0 Å². The molecule has 7 nitrogen and oxygen atoms in total. The number of hydrogen-bond donors (Lipinski definition) is 0. The van der Waals surface area contributed by atoms with Crippen molar-refractivity contribution in [3.05, 3.63) is 107 Å². The van der Waals surface area contributed by atoms with Gasteiger partial charge < -0.3 is 9.30 Å². The van der Waals surface area contributed by atoms with E-state index in [1.165, 1.54) is 22.8 Å². The molecule has 0 aliphatic heterocycles.